The van der Waals surface area contributed by atoms with E-state index >= 15 is 0 Å². The molecule has 0 aliphatic rings. The highest BCUT2D eigenvalue weighted by atomic mass is 35.5. The molecule has 0 spiro atoms. The zero-order chi connectivity index (χ0) is 31.0. The second-order valence-electron chi connectivity index (χ2n) is 10.1. The molecule has 3 rings (SSSR count). The topological polar surface area (TPSA) is 105 Å². The summed E-state index contributed by atoms with van der Waals surface area (Å²) < 4.78 is 39.9. The van der Waals surface area contributed by atoms with Crippen LogP contribution in [0.2, 0.25) is 5.02 Å². The number of aryl methyl sites for hydroxylation is 1. The van der Waals surface area contributed by atoms with Crippen molar-refractivity contribution in [3.8, 4) is 11.5 Å². The van der Waals surface area contributed by atoms with E-state index in [1.807, 2.05) is 27.7 Å². The van der Waals surface area contributed by atoms with Crippen LogP contribution in [0.3, 0.4) is 0 Å². The fourth-order valence-corrected chi connectivity index (χ4v) is 5.99. The van der Waals surface area contributed by atoms with Gasteiger partial charge in [0, 0.05) is 23.7 Å². The molecule has 1 N–H and O–H groups in total. The third kappa shape index (κ3) is 7.95. The van der Waals surface area contributed by atoms with Gasteiger partial charge in [-0.05, 0) is 69.2 Å². The normalized spacial score (nSPS) is 12.0. The molecule has 11 heteroatoms. The average molecular weight is 616 g/mol. The first-order valence-electron chi connectivity index (χ1n) is 13.6. The van der Waals surface area contributed by atoms with Crippen molar-refractivity contribution in [3.05, 3.63) is 82.9 Å². The highest BCUT2D eigenvalue weighted by Crippen LogP contribution is 2.32. The van der Waals surface area contributed by atoms with Gasteiger partial charge in [-0.1, -0.05) is 48.4 Å². The molecule has 0 heterocycles. The number of rotatable bonds is 13. The lowest BCUT2D eigenvalue weighted by molar-refractivity contribution is -0.140. The Balaban J connectivity index is 2.09. The maximum absolute atomic E-state index is 14.1. The zero-order valence-electron chi connectivity index (χ0n) is 24.8. The van der Waals surface area contributed by atoms with Crippen LogP contribution in [0, 0.1) is 6.92 Å². The van der Waals surface area contributed by atoms with E-state index in [0.29, 0.717) is 22.9 Å². The lowest BCUT2D eigenvalue weighted by Gasteiger charge is -2.33. The third-order valence-electron chi connectivity index (χ3n) is 6.63. The Morgan fingerprint density at radius 1 is 0.929 bits per heavy atom. The predicted molar refractivity (Wildman–Crippen MR) is 165 cm³/mol. The molecule has 1 unspecified atom stereocenters. The summed E-state index contributed by atoms with van der Waals surface area (Å²) in [6, 6.07) is 17.1. The monoisotopic (exact) mass is 615 g/mol. The molecule has 3 aromatic carbocycles. The van der Waals surface area contributed by atoms with Gasteiger partial charge in [0.2, 0.25) is 11.8 Å². The molecule has 1 atom stereocenters. The first kappa shape index (κ1) is 32.8. The molecule has 0 fully saturated rings. The Hall–Kier alpha value is -3.76. The summed E-state index contributed by atoms with van der Waals surface area (Å²) >= 11 is 6.07. The van der Waals surface area contributed by atoms with Gasteiger partial charge in [0.1, 0.15) is 12.6 Å². The first-order valence-corrected chi connectivity index (χ1v) is 15.4. The van der Waals surface area contributed by atoms with Gasteiger partial charge >= 0.3 is 0 Å². The summed E-state index contributed by atoms with van der Waals surface area (Å²) in [7, 11) is -1.40. The molecule has 0 saturated carbocycles. The molecule has 0 aliphatic heterocycles. The van der Waals surface area contributed by atoms with E-state index in [-0.39, 0.29) is 29.1 Å². The molecular weight excluding hydrogens is 578 g/mol. The molecule has 0 saturated heterocycles. The van der Waals surface area contributed by atoms with Crippen molar-refractivity contribution in [1.29, 1.82) is 0 Å². The molecule has 0 radical (unpaired) electrons. The third-order valence-corrected chi connectivity index (χ3v) is 8.65. The SMILES string of the molecule is CCC(C(=O)NC(C)C)N(Cc1ccc(Cl)cc1)C(=O)CN(c1ccc(C)cc1)S(=O)(=O)c1ccc(OC)c(OC)c1. The fourth-order valence-electron chi connectivity index (χ4n) is 4.43. The van der Waals surface area contributed by atoms with Crippen LogP contribution in [0.4, 0.5) is 5.69 Å². The molecular formula is C31H38ClN3O6S. The van der Waals surface area contributed by atoms with Crippen LogP contribution < -0.4 is 19.1 Å². The average Bonchev–Trinajstić information content (AvgIpc) is 2.96. The van der Waals surface area contributed by atoms with Crippen molar-refractivity contribution < 1.29 is 27.5 Å². The lowest BCUT2D eigenvalue weighted by atomic mass is 10.1. The van der Waals surface area contributed by atoms with Gasteiger partial charge in [-0.2, -0.15) is 0 Å². The molecule has 42 heavy (non-hydrogen) atoms. The first-order chi connectivity index (χ1) is 19.9. The summed E-state index contributed by atoms with van der Waals surface area (Å²) in [5, 5.41) is 3.42. The van der Waals surface area contributed by atoms with E-state index in [9.17, 15) is 18.0 Å². The van der Waals surface area contributed by atoms with Crippen LogP contribution in [-0.2, 0) is 26.2 Å². The fraction of sp³-hybridized carbons (Fsp3) is 0.355. The van der Waals surface area contributed by atoms with Crippen LogP contribution >= 0.6 is 11.6 Å². The largest absolute Gasteiger partial charge is 0.493 e. The van der Waals surface area contributed by atoms with E-state index < -0.39 is 28.5 Å². The minimum atomic E-state index is -4.27. The number of halogens is 1. The van der Waals surface area contributed by atoms with Crippen molar-refractivity contribution in [2.45, 2.75) is 57.6 Å². The van der Waals surface area contributed by atoms with Gasteiger partial charge in [-0.3, -0.25) is 13.9 Å². The number of amides is 2. The molecule has 0 aromatic heterocycles. The number of anilines is 1. The second kappa shape index (κ2) is 14.4. The summed E-state index contributed by atoms with van der Waals surface area (Å²) in [4.78, 5) is 28.7. The van der Waals surface area contributed by atoms with Gasteiger partial charge in [-0.25, -0.2) is 8.42 Å². The number of methoxy groups -OCH3 is 2. The van der Waals surface area contributed by atoms with Gasteiger partial charge in [0.05, 0.1) is 24.8 Å². The van der Waals surface area contributed by atoms with Crippen LogP contribution in [0.25, 0.3) is 0 Å². The van der Waals surface area contributed by atoms with Gasteiger partial charge in [-0.15, -0.1) is 0 Å². The summed E-state index contributed by atoms with van der Waals surface area (Å²) in [6.07, 6.45) is 0.324. The molecule has 3 aromatic rings. The van der Waals surface area contributed by atoms with Crippen LogP contribution in [0.1, 0.15) is 38.3 Å². The Kier molecular flexibility index (Phi) is 11.2. The molecule has 9 nitrogen and oxygen atoms in total. The number of nitrogens with zero attached hydrogens (tertiary/aromatic N) is 2. The highest BCUT2D eigenvalue weighted by Gasteiger charge is 2.34. The van der Waals surface area contributed by atoms with Crippen LogP contribution in [0.5, 0.6) is 11.5 Å². The van der Waals surface area contributed by atoms with Crippen molar-refractivity contribution in [1.82, 2.24) is 10.2 Å². The van der Waals surface area contributed by atoms with Gasteiger partial charge < -0.3 is 19.7 Å². The smallest absolute Gasteiger partial charge is 0.264 e. The highest BCUT2D eigenvalue weighted by molar-refractivity contribution is 7.92. The number of carbonyl (C=O) groups excluding carboxylic acids is 2. The minimum Gasteiger partial charge on any atom is -0.493 e. The predicted octanol–water partition coefficient (Wildman–Crippen LogP) is 5.19. The van der Waals surface area contributed by atoms with Crippen molar-refractivity contribution in [3.63, 3.8) is 0 Å². The van der Waals surface area contributed by atoms with Crippen molar-refractivity contribution >= 4 is 39.1 Å². The number of nitrogens with one attached hydrogen (secondary N) is 1. The quantitative estimate of drug-likeness (QED) is 0.284. The Morgan fingerprint density at radius 3 is 2.10 bits per heavy atom. The number of carbonyl (C=O) groups is 2. The van der Waals surface area contributed by atoms with E-state index in [1.54, 1.807) is 48.5 Å². The zero-order valence-corrected chi connectivity index (χ0v) is 26.3. The second-order valence-corrected chi connectivity index (χ2v) is 12.4. The Labute approximate surface area is 253 Å². The lowest BCUT2D eigenvalue weighted by Crippen LogP contribution is -2.53. The van der Waals surface area contributed by atoms with Crippen molar-refractivity contribution in [2.75, 3.05) is 25.1 Å². The molecule has 0 bridgehead atoms. The summed E-state index contributed by atoms with van der Waals surface area (Å²) in [6.45, 7) is 6.91. The molecule has 0 aliphatic carbocycles. The number of sulfonamides is 1. The number of hydrogen-bond donors (Lipinski definition) is 1. The van der Waals surface area contributed by atoms with Crippen LogP contribution in [0.15, 0.2) is 71.6 Å². The minimum absolute atomic E-state index is 0.0811. The van der Waals surface area contributed by atoms with E-state index in [4.69, 9.17) is 21.1 Å². The molecule has 2 amide bonds. The number of ether oxygens (including phenoxy) is 2. The van der Waals surface area contributed by atoms with Crippen molar-refractivity contribution in [2.24, 2.45) is 0 Å². The van der Waals surface area contributed by atoms with Gasteiger partial charge in [0.15, 0.2) is 11.5 Å². The maximum Gasteiger partial charge on any atom is 0.264 e. The van der Waals surface area contributed by atoms with Gasteiger partial charge in [0.25, 0.3) is 10.0 Å². The number of hydrogen-bond acceptors (Lipinski definition) is 6. The van der Waals surface area contributed by atoms with Crippen LogP contribution in [-0.4, -0.2) is 58.0 Å². The van der Waals surface area contributed by atoms with E-state index in [2.05, 4.69) is 5.32 Å². The van der Waals surface area contributed by atoms with E-state index in [1.165, 1.54) is 37.3 Å². The Morgan fingerprint density at radius 2 is 1.55 bits per heavy atom. The number of benzene rings is 3. The summed E-state index contributed by atoms with van der Waals surface area (Å²) in [5.41, 5.74) is 1.97. The summed E-state index contributed by atoms with van der Waals surface area (Å²) in [5.74, 6) is -0.264. The molecule has 226 valence electrons. The Bertz CT molecular complexity index is 1480. The van der Waals surface area contributed by atoms with E-state index in [0.717, 1.165) is 15.4 Å². The standard InChI is InChI=1S/C31H38ClN3O6S/c1-7-27(31(37)33-21(2)3)34(19-23-10-12-24(32)13-11-23)30(36)20-35(25-14-8-22(4)9-15-25)42(38,39)26-16-17-28(40-5)29(18-26)41-6/h8-18,21,27H,7,19-20H2,1-6H3,(H,33,37). The maximum atomic E-state index is 14.1.